The summed E-state index contributed by atoms with van der Waals surface area (Å²) in [5, 5.41) is 14.2. The number of aromatic nitrogens is 1. The minimum absolute atomic E-state index is 0.0160. The molecule has 1 aliphatic rings. The van der Waals surface area contributed by atoms with Crippen LogP contribution in [0.3, 0.4) is 0 Å². The van der Waals surface area contributed by atoms with Crippen LogP contribution in [0.25, 0.3) is 11.1 Å². The van der Waals surface area contributed by atoms with E-state index in [1.165, 1.54) is 12.1 Å². The third-order valence-electron chi connectivity index (χ3n) is 3.40. The van der Waals surface area contributed by atoms with Gasteiger partial charge in [-0.3, -0.25) is 10.1 Å². The van der Waals surface area contributed by atoms with E-state index < -0.39 is 4.92 Å². The Morgan fingerprint density at radius 3 is 2.75 bits per heavy atom. The van der Waals surface area contributed by atoms with Gasteiger partial charge in [-0.05, 0) is 19.9 Å². The van der Waals surface area contributed by atoms with E-state index in [1.54, 1.807) is 6.07 Å². The van der Waals surface area contributed by atoms with Gasteiger partial charge in [0.15, 0.2) is 5.58 Å². The van der Waals surface area contributed by atoms with Gasteiger partial charge < -0.3 is 14.6 Å². The van der Waals surface area contributed by atoms with Gasteiger partial charge in [-0.25, -0.2) is 0 Å². The van der Waals surface area contributed by atoms with Crippen LogP contribution in [0.15, 0.2) is 22.6 Å². The summed E-state index contributed by atoms with van der Waals surface area (Å²) in [6, 6.07) is 5.71. The number of hydrogen-bond donors (Lipinski definition) is 1. The number of anilines is 1. The van der Waals surface area contributed by atoms with Crippen molar-refractivity contribution in [2.24, 2.45) is 0 Å². The molecule has 1 aromatic heterocycles. The Labute approximate surface area is 115 Å². The Balaban J connectivity index is 1.94. The molecule has 0 radical (unpaired) electrons. The number of nitro benzene ring substituents is 1. The summed E-state index contributed by atoms with van der Waals surface area (Å²) in [7, 11) is 0. The Hall–Kier alpha value is -2.15. The number of benzene rings is 1. The van der Waals surface area contributed by atoms with Crippen LogP contribution in [0.4, 0.5) is 11.7 Å². The lowest BCUT2D eigenvalue weighted by molar-refractivity contribution is -0.384. The predicted molar refractivity (Wildman–Crippen MR) is 74.9 cm³/mol. The molecule has 1 aromatic carbocycles. The van der Waals surface area contributed by atoms with E-state index >= 15 is 0 Å². The molecule has 1 fully saturated rings. The van der Waals surface area contributed by atoms with E-state index in [-0.39, 0.29) is 5.69 Å². The monoisotopic (exact) mass is 276 g/mol. The van der Waals surface area contributed by atoms with Crippen molar-refractivity contribution in [1.29, 1.82) is 0 Å². The zero-order valence-electron chi connectivity index (χ0n) is 11.4. The van der Waals surface area contributed by atoms with Gasteiger partial charge in [0.2, 0.25) is 0 Å². The van der Waals surface area contributed by atoms with Crippen LogP contribution < -0.4 is 10.2 Å². The normalized spacial score (nSPS) is 23.2. The summed E-state index contributed by atoms with van der Waals surface area (Å²) in [6.07, 6.45) is 0. The third-order valence-corrected chi connectivity index (χ3v) is 3.40. The molecule has 1 aliphatic heterocycles. The maximum absolute atomic E-state index is 10.8. The quantitative estimate of drug-likeness (QED) is 0.666. The fraction of sp³-hybridized carbons (Fsp3) is 0.462. The number of non-ortho nitro benzene ring substituents is 1. The number of nitrogens with one attached hydrogen (secondary N) is 1. The lowest BCUT2D eigenvalue weighted by Gasteiger charge is -2.35. The second kappa shape index (κ2) is 4.75. The topological polar surface area (TPSA) is 84.4 Å². The van der Waals surface area contributed by atoms with Gasteiger partial charge in [-0.15, -0.1) is 0 Å². The number of rotatable bonds is 2. The number of nitrogens with zero attached hydrogens (tertiary/aromatic N) is 3. The molecule has 1 saturated heterocycles. The van der Waals surface area contributed by atoms with E-state index in [2.05, 4.69) is 29.0 Å². The van der Waals surface area contributed by atoms with Gasteiger partial charge in [-0.1, -0.05) is 0 Å². The van der Waals surface area contributed by atoms with E-state index in [0.29, 0.717) is 29.2 Å². The minimum Gasteiger partial charge on any atom is -0.423 e. The molecule has 106 valence electrons. The standard InChI is InChI=1S/C13H16N4O3/c1-8-6-16(7-9(2)14-8)13-15-11-4-3-10(17(18)19)5-12(11)20-13/h3-5,8-9,14H,6-7H2,1-2H3. The van der Waals surface area contributed by atoms with E-state index in [4.69, 9.17) is 4.42 Å². The maximum Gasteiger partial charge on any atom is 0.298 e. The molecule has 0 amide bonds. The van der Waals surface area contributed by atoms with Crippen molar-refractivity contribution in [2.45, 2.75) is 25.9 Å². The number of fused-ring (bicyclic) bond motifs is 1. The molecule has 0 saturated carbocycles. The summed E-state index contributed by atoms with van der Waals surface area (Å²) in [5.74, 6) is 0. The van der Waals surface area contributed by atoms with Crippen LogP contribution in [-0.2, 0) is 0 Å². The number of piperazine rings is 1. The minimum atomic E-state index is -0.434. The molecule has 2 atom stereocenters. The molecule has 0 bridgehead atoms. The number of nitro groups is 1. The zero-order chi connectivity index (χ0) is 14.3. The van der Waals surface area contributed by atoms with Crippen LogP contribution in [0.1, 0.15) is 13.8 Å². The van der Waals surface area contributed by atoms with Crippen molar-refractivity contribution in [3.63, 3.8) is 0 Å². The summed E-state index contributed by atoms with van der Waals surface area (Å²) in [6.45, 7) is 5.82. The van der Waals surface area contributed by atoms with Gasteiger partial charge in [0.25, 0.3) is 11.7 Å². The van der Waals surface area contributed by atoms with E-state index in [9.17, 15) is 10.1 Å². The average molecular weight is 276 g/mol. The van der Waals surface area contributed by atoms with Crippen molar-refractivity contribution in [2.75, 3.05) is 18.0 Å². The fourth-order valence-corrected chi connectivity index (χ4v) is 2.63. The Morgan fingerprint density at radius 1 is 1.40 bits per heavy atom. The van der Waals surface area contributed by atoms with Crippen LogP contribution in [0, 0.1) is 10.1 Å². The molecule has 20 heavy (non-hydrogen) atoms. The summed E-state index contributed by atoms with van der Waals surface area (Å²) < 4.78 is 5.68. The van der Waals surface area contributed by atoms with Crippen LogP contribution in [0.2, 0.25) is 0 Å². The lowest BCUT2D eigenvalue weighted by atomic mass is 10.2. The molecule has 7 heteroatoms. The smallest absolute Gasteiger partial charge is 0.298 e. The molecule has 3 rings (SSSR count). The molecule has 2 unspecified atom stereocenters. The largest absolute Gasteiger partial charge is 0.423 e. The highest BCUT2D eigenvalue weighted by atomic mass is 16.6. The van der Waals surface area contributed by atoms with Gasteiger partial charge in [0, 0.05) is 31.2 Å². The first-order valence-electron chi connectivity index (χ1n) is 6.59. The van der Waals surface area contributed by atoms with Crippen molar-refractivity contribution in [1.82, 2.24) is 10.3 Å². The zero-order valence-corrected chi connectivity index (χ0v) is 11.4. The highest BCUT2D eigenvalue weighted by Crippen LogP contribution is 2.26. The second-order valence-corrected chi connectivity index (χ2v) is 5.28. The molecule has 7 nitrogen and oxygen atoms in total. The van der Waals surface area contributed by atoms with E-state index in [1.807, 2.05) is 0 Å². The third kappa shape index (κ3) is 2.32. The molecular weight excluding hydrogens is 260 g/mol. The maximum atomic E-state index is 10.8. The van der Waals surface area contributed by atoms with Crippen molar-refractivity contribution >= 4 is 22.8 Å². The SMILES string of the molecule is CC1CN(c2nc3ccc([N+](=O)[O-])cc3o2)CC(C)N1. The van der Waals surface area contributed by atoms with Crippen LogP contribution in [0.5, 0.6) is 0 Å². The van der Waals surface area contributed by atoms with Crippen LogP contribution in [-0.4, -0.2) is 35.1 Å². The summed E-state index contributed by atoms with van der Waals surface area (Å²) in [5.41, 5.74) is 1.11. The van der Waals surface area contributed by atoms with Crippen molar-refractivity contribution in [3.8, 4) is 0 Å². The van der Waals surface area contributed by atoms with E-state index in [0.717, 1.165) is 13.1 Å². The lowest BCUT2D eigenvalue weighted by Crippen LogP contribution is -2.54. The van der Waals surface area contributed by atoms with Gasteiger partial charge >= 0.3 is 0 Å². The van der Waals surface area contributed by atoms with Crippen molar-refractivity contribution < 1.29 is 9.34 Å². The van der Waals surface area contributed by atoms with Gasteiger partial charge in [0.05, 0.1) is 11.0 Å². The molecule has 1 N–H and O–H groups in total. The van der Waals surface area contributed by atoms with Gasteiger partial charge in [0.1, 0.15) is 5.52 Å². The highest BCUT2D eigenvalue weighted by Gasteiger charge is 2.24. The van der Waals surface area contributed by atoms with Crippen molar-refractivity contribution in [3.05, 3.63) is 28.3 Å². The first kappa shape index (κ1) is 12.9. The highest BCUT2D eigenvalue weighted by molar-refractivity contribution is 5.77. The van der Waals surface area contributed by atoms with Gasteiger partial charge in [-0.2, -0.15) is 4.98 Å². The molecule has 0 aliphatic carbocycles. The molecule has 2 aromatic rings. The Kier molecular flexibility index (Phi) is 3.06. The predicted octanol–water partition coefficient (Wildman–Crippen LogP) is 1.92. The molecular formula is C13H16N4O3. The average Bonchev–Trinajstić information content (AvgIpc) is 2.80. The molecule has 2 heterocycles. The Morgan fingerprint density at radius 2 is 2.10 bits per heavy atom. The molecule has 0 spiro atoms. The first-order valence-corrected chi connectivity index (χ1v) is 6.59. The first-order chi connectivity index (χ1) is 9.52. The summed E-state index contributed by atoms with van der Waals surface area (Å²) >= 11 is 0. The number of hydrogen-bond acceptors (Lipinski definition) is 6. The summed E-state index contributed by atoms with van der Waals surface area (Å²) in [4.78, 5) is 16.8. The van der Waals surface area contributed by atoms with Crippen LogP contribution >= 0.6 is 0 Å². The second-order valence-electron chi connectivity index (χ2n) is 5.28. The Bertz CT molecular complexity index is 644. The fourth-order valence-electron chi connectivity index (χ4n) is 2.63. The number of oxazole rings is 1.